The van der Waals surface area contributed by atoms with E-state index in [4.69, 9.17) is 0 Å². The van der Waals surface area contributed by atoms with Crippen molar-refractivity contribution in [1.82, 2.24) is 5.32 Å². The number of hydrogen-bond acceptors (Lipinski definition) is 3. The standard InChI is InChI=1S/C13H18FNO2/c1-9(8-13(16)17-3)15-10(2)11-6-4-5-7-12(11)14/h4-7,9-10,15H,8H2,1-3H3. The molecule has 1 N–H and O–H groups in total. The van der Waals surface area contributed by atoms with Crippen LogP contribution in [0.4, 0.5) is 4.39 Å². The normalized spacial score (nSPS) is 14.1. The molecule has 0 aliphatic rings. The second-order valence-corrected chi connectivity index (χ2v) is 4.09. The number of hydrogen-bond donors (Lipinski definition) is 1. The van der Waals surface area contributed by atoms with Crippen LogP contribution in [0.2, 0.25) is 0 Å². The molecule has 4 heteroatoms. The topological polar surface area (TPSA) is 38.3 Å². The summed E-state index contributed by atoms with van der Waals surface area (Å²) in [5, 5.41) is 3.16. The van der Waals surface area contributed by atoms with Crippen molar-refractivity contribution in [3.8, 4) is 0 Å². The van der Waals surface area contributed by atoms with E-state index in [0.717, 1.165) is 0 Å². The molecule has 0 amide bonds. The van der Waals surface area contributed by atoms with Crippen LogP contribution >= 0.6 is 0 Å². The number of nitrogens with one attached hydrogen (secondary N) is 1. The van der Waals surface area contributed by atoms with E-state index in [1.807, 2.05) is 13.8 Å². The first-order chi connectivity index (χ1) is 8.04. The van der Waals surface area contributed by atoms with E-state index in [-0.39, 0.29) is 30.3 Å². The minimum absolute atomic E-state index is 0.0583. The van der Waals surface area contributed by atoms with Crippen LogP contribution < -0.4 is 5.32 Å². The van der Waals surface area contributed by atoms with Gasteiger partial charge in [-0.3, -0.25) is 4.79 Å². The highest BCUT2D eigenvalue weighted by atomic mass is 19.1. The Kier molecular flexibility index (Phi) is 5.10. The SMILES string of the molecule is COC(=O)CC(C)NC(C)c1ccccc1F. The zero-order valence-corrected chi connectivity index (χ0v) is 10.4. The third kappa shape index (κ3) is 4.15. The Morgan fingerprint density at radius 3 is 2.65 bits per heavy atom. The van der Waals surface area contributed by atoms with Crippen LogP contribution in [0.1, 0.15) is 31.9 Å². The molecule has 0 heterocycles. The van der Waals surface area contributed by atoms with Gasteiger partial charge in [0, 0.05) is 17.6 Å². The number of benzene rings is 1. The van der Waals surface area contributed by atoms with Crippen molar-refractivity contribution in [3.63, 3.8) is 0 Å². The average molecular weight is 239 g/mol. The van der Waals surface area contributed by atoms with Crippen molar-refractivity contribution >= 4 is 5.97 Å². The zero-order valence-electron chi connectivity index (χ0n) is 10.4. The van der Waals surface area contributed by atoms with Gasteiger partial charge in [0.25, 0.3) is 0 Å². The lowest BCUT2D eigenvalue weighted by Gasteiger charge is -2.19. The van der Waals surface area contributed by atoms with Crippen LogP contribution in [0.25, 0.3) is 0 Å². The van der Waals surface area contributed by atoms with Gasteiger partial charge in [-0.1, -0.05) is 18.2 Å². The average Bonchev–Trinajstić information content (AvgIpc) is 2.29. The first-order valence-corrected chi connectivity index (χ1v) is 5.62. The van der Waals surface area contributed by atoms with E-state index < -0.39 is 0 Å². The number of esters is 1. The summed E-state index contributed by atoms with van der Waals surface area (Å²) in [5.41, 5.74) is 0.601. The van der Waals surface area contributed by atoms with Crippen LogP contribution in [0.15, 0.2) is 24.3 Å². The van der Waals surface area contributed by atoms with E-state index in [2.05, 4.69) is 10.1 Å². The molecule has 2 atom stereocenters. The number of ether oxygens (including phenoxy) is 1. The zero-order chi connectivity index (χ0) is 12.8. The molecule has 17 heavy (non-hydrogen) atoms. The summed E-state index contributed by atoms with van der Waals surface area (Å²) in [4.78, 5) is 11.1. The first kappa shape index (κ1) is 13.6. The summed E-state index contributed by atoms with van der Waals surface area (Å²) in [6, 6.07) is 6.41. The minimum Gasteiger partial charge on any atom is -0.469 e. The van der Waals surface area contributed by atoms with Gasteiger partial charge in [-0.15, -0.1) is 0 Å². The summed E-state index contributed by atoms with van der Waals surface area (Å²) < 4.78 is 18.1. The van der Waals surface area contributed by atoms with Crippen LogP contribution in [0, 0.1) is 5.82 Å². The third-order valence-electron chi connectivity index (χ3n) is 2.61. The highest BCUT2D eigenvalue weighted by Crippen LogP contribution is 2.17. The van der Waals surface area contributed by atoms with Crippen LogP contribution in [0.5, 0.6) is 0 Å². The Balaban J connectivity index is 2.57. The molecule has 94 valence electrons. The fraction of sp³-hybridized carbons (Fsp3) is 0.462. The molecule has 0 fully saturated rings. The van der Waals surface area contributed by atoms with Crippen LogP contribution in [0.3, 0.4) is 0 Å². The smallest absolute Gasteiger partial charge is 0.307 e. The Hall–Kier alpha value is -1.42. The van der Waals surface area contributed by atoms with E-state index in [9.17, 15) is 9.18 Å². The maximum Gasteiger partial charge on any atom is 0.307 e. The monoisotopic (exact) mass is 239 g/mol. The molecular formula is C13H18FNO2. The van der Waals surface area contributed by atoms with E-state index in [0.29, 0.717) is 5.56 Å². The summed E-state index contributed by atoms with van der Waals surface area (Å²) in [5.74, 6) is -0.511. The molecule has 3 nitrogen and oxygen atoms in total. The van der Waals surface area contributed by atoms with Crippen LogP contribution in [-0.2, 0) is 9.53 Å². The lowest BCUT2D eigenvalue weighted by Crippen LogP contribution is -2.31. The van der Waals surface area contributed by atoms with E-state index in [1.165, 1.54) is 13.2 Å². The van der Waals surface area contributed by atoms with Gasteiger partial charge in [0.1, 0.15) is 5.82 Å². The fourth-order valence-corrected chi connectivity index (χ4v) is 1.74. The second kappa shape index (κ2) is 6.35. The predicted molar refractivity (Wildman–Crippen MR) is 64.0 cm³/mol. The summed E-state index contributed by atoms with van der Waals surface area (Å²) >= 11 is 0. The molecule has 1 aromatic rings. The Morgan fingerprint density at radius 2 is 2.06 bits per heavy atom. The highest BCUT2D eigenvalue weighted by Gasteiger charge is 2.15. The molecule has 0 radical (unpaired) electrons. The maximum absolute atomic E-state index is 13.5. The highest BCUT2D eigenvalue weighted by molar-refractivity contribution is 5.69. The Bertz CT molecular complexity index is 381. The largest absolute Gasteiger partial charge is 0.469 e. The molecule has 0 aliphatic carbocycles. The van der Waals surface area contributed by atoms with E-state index >= 15 is 0 Å². The van der Waals surface area contributed by atoms with Gasteiger partial charge in [0.2, 0.25) is 0 Å². The third-order valence-corrected chi connectivity index (χ3v) is 2.61. The van der Waals surface area contributed by atoms with E-state index in [1.54, 1.807) is 18.2 Å². The molecule has 0 spiro atoms. The number of rotatable bonds is 5. The van der Waals surface area contributed by atoms with Crippen molar-refractivity contribution in [2.75, 3.05) is 7.11 Å². The Labute approximate surface area is 101 Å². The van der Waals surface area contributed by atoms with Crippen LogP contribution in [-0.4, -0.2) is 19.1 Å². The lowest BCUT2D eigenvalue weighted by molar-refractivity contribution is -0.141. The molecule has 1 rings (SSSR count). The molecule has 0 aromatic heterocycles. The summed E-state index contributed by atoms with van der Waals surface area (Å²) in [6.45, 7) is 3.74. The number of methoxy groups -OCH3 is 1. The van der Waals surface area contributed by atoms with Crippen molar-refractivity contribution in [2.45, 2.75) is 32.4 Å². The lowest BCUT2D eigenvalue weighted by atomic mass is 10.1. The van der Waals surface area contributed by atoms with Gasteiger partial charge in [0.05, 0.1) is 13.5 Å². The summed E-state index contributed by atoms with van der Waals surface area (Å²) in [7, 11) is 1.36. The van der Waals surface area contributed by atoms with Gasteiger partial charge in [-0.2, -0.15) is 0 Å². The fourth-order valence-electron chi connectivity index (χ4n) is 1.74. The second-order valence-electron chi connectivity index (χ2n) is 4.09. The van der Waals surface area contributed by atoms with Crippen molar-refractivity contribution < 1.29 is 13.9 Å². The van der Waals surface area contributed by atoms with Gasteiger partial charge < -0.3 is 10.1 Å². The quantitative estimate of drug-likeness (QED) is 0.802. The molecule has 0 bridgehead atoms. The maximum atomic E-state index is 13.5. The van der Waals surface area contributed by atoms with Gasteiger partial charge in [-0.05, 0) is 19.9 Å². The number of carbonyl (C=O) groups excluding carboxylic acids is 1. The Morgan fingerprint density at radius 1 is 1.41 bits per heavy atom. The molecule has 0 saturated carbocycles. The number of halogens is 1. The summed E-state index contributed by atoms with van der Waals surface area (Å²) in [6.07, 6.45) is 0.273. The predicted octanol–water partition coefficient (Wildman–Crippen LogP) is 2.43. The molecule has 0 saturated heterocycles. The van der Waals surface area contributed by atoms with Gasteiger partial charge >= 0.3 is 5.97 Å². The van der Waals surface area contributed by atoms with Crippen molar-refractivity contribution in [3.05, 3.63) is 35.6 Å². The first-order valence-electron chi connectivity index (χ1n) is 5.62. The minimum atomic E-state index is -0.272. The number of carbonyl (C=O) groups is 1. The van der Waals surface area contributed by atoms with Gasteiger partial charge in [-0.25, -0.2) is 4.39 Å². The molecular weight excluding hydrogens is 221 g/mol. The van der Waals surface area contributed by atoms with Gasteiger partial charge in [0.15, 0.2) is 0 Å². The molecule has 2 unspecified atom stereocenters. The molecule has 0 aliphatic heterocycles. The molecule has 1 aromatic carbocycles. The van der Waals surface area contributed by atoms with Crippen molar-refractivity contribution in [1.29, 1.82) is 0 Å². The van der Waals surface area contributed by atoms with Crippen molar-refractivity contribution in [2.24, 2.45) is 0 Å².